The molecule has 0 saturated heterocycles. The lowest BCUT2D eigenvalue weighted by Gasteiger charge is -2.02. The summed E-state index contributed by atoms with van der Waals surface area (Å²) in [5.74, 6) is 0.528. The predicted octanol–water partition coefficient (Wildman–Crippen LogP) is 4.26. The molecule has 0 bridgehead atoms. The van der Waals surface area contributed by atoms with Gasteiger partial charge in [-0.1, -0.05) is 42.5 Å². The number of phenolic OH excluding ortho intramolecular Hbond substituents is 2. The molecule has 0 atom stereocenters. The van der Waals surface area contributed by atoms with Gasteiger partial charge in [0.15, 0.2) is 0 Å². The van der Waals surface area contributed by atoms with Crippen molar-refractivity contribution in [2.24, 2.45) is 0 Å². The van der Waals surface area contributed by atoms with E-state index in [1.807, 2.05) is 48.5 Å². The smallest absolute Gasteiger partial charge is 0.123 e. The highest BCUT2D eigenvalue weighted by Gasteiger charge is 1.99. The van der Waals surface area contributed by atoms with E-state index in [0.29, 0.717) is 11.4 Å². The number of aromatic hydroxyl groups is 2. The topological polar surface area (TPSA) is 92.5 Å². The molecule has 24 heavy (non-hydrogen) atoms. The van der Waals surface area contributed by atoms with Gasteiger partial charge in [-0.25, -0.2) is 0 Å². The average Bonchev–Trinajstić information content (AvgIpc) is 2.58. The second-order valence-corrected chi connectivity index (χ2v) is 5.47. The highest BCUT2D eigenvalue weighted by molar-refractivity contribution is 5.96. The van der Waals surface area contributed by atoms with Crippen LogP contribution in [-0.2, 0) is 0 Å². The van der Waals surface area contributed by atoms with Gasteiger partial charge in [-0.05, 0) is 35.7 Å². The Labute approximate surface area is 139 Å². The van der Waals surface area contributed by atoms with Crippen molar-refractivity contribution >= 4 is 32.9 Å². The Morgan fingerprint density at radius 2 is 1.21 bits per heavy atom. The molecule has 0 aliphatic heterocycles. The maximum atomic E-state index is 9.44. The zero-order chi connectivity index (χ0) is 17.1. The molecule has 0 spiro atoms. The van der Waals surface area contributed by atoms with E-state index in [1.165, 1.54) is 0 Å². The molecule has 4 nitrogen and oxygen atoms in total. The zero-order valence-electron chi connectivity index (χ0n) is 13.0. The summed E-state index contributed by atoms with van der Waals surface area (Å²) in [7, 11) is 0. The molecule has 4 rings (SSSR count). The van der Waals surface area contributed by atoms with Gasteiger partial charge in [0, 0.05) is 27.5 Å². The fourth-order valence-corrected chi connectivity index (χ4v) is 2.60. The van der Waals surface area contributed by atoms with E-state index in [2.05, 4.69) is 0 Å². The van der Waals surface area contributed by atoms with E-state index in [-0.39, 0.29) is 11.5 Å². The molecule has 4 aromatic carbocycles. The monoisotopic (exact) mass is 318 g/mol. The molecular formula is C20H18N2O2. The molecule has 4 heteroatoms. The first kappa shape index (κ1) is 15.5. The van der Waals surface area contributed by atoms with Crippen molar-refractivity contribution in [1.82, 2.24) is 0 Å². The fraction of sp³-hybridized carbons (Fsp3) is 0. The van der Waals surface area contributed by atoms with Crippen LogP contribution in [0.3, 0.4) is 0 Å². The van der Waals surface area contributed by atoms with Gasteiger partial charge in [0.05, 0.1) is 0 Å². The highest BCUT2D eigenvalue weighted by Crippen LogP contribution is 2.27. The number of benzene rings is 4. The van der Waals surface area contributed by atoms with Gasteiger partial charge in [-0.15, -0.1) is 0 Å². The first-order valence-corrected chi connectivity index (χ1v) is 7.49. The molecule has 4 aromatic rings. The van der Waals surface area contributed by atoms with Gasteiger partial charge in [0.1, 0.15) is 11.5 Å². The van der Waals surface area contributed by atoms with Gasteiger partial charge in [0.2, 0.25) is 0 Å². The molecule has 0 fully saturated rings. The third-order valence-corrected chi connectivity index (χ3v) is 3.83. The Kier molecular flexibility index (Phi) is 4.12. The number of hydrogen-bond donors (Lipinski definition) is 4. The maximum absolute atomic E-state index is 9.44. The summed E-state index contributed by atoms with van der Waals surface area (Å²) in [6.45, 7) is 0. The van der Waals surface area contributed by atoms with Gasteiger partial charge >= 0.3 is 0 Å². The van der Waals surface area contributed by atoms with Crippen molar-refractivity contribution in [2.75, 3.05) is 11.5 Å². The number of fused-ring (bicyclic) bond motifs is 2. The van der Waals surface area contributed by atoms with Crippen molar-refractivity contribution in [2.45, 2.75) is 0 Å². The Morgan fingerprint density at radius 1 is 0.583 bits per heavy atom. The van der Waals surface area contributed by atoms with Crippen LogP contribution in [0.15, 0.2) is 72.8 Å². The summed E-state index contributed by atoms with van der Waals surface area (Å²) < 4.78 is 0. The SMILES string of the molecule is Nc1cccc2c(O)cccc12.Nc1cccc2ccc(O)cc12. The summed E-state index contributed by atoms with van der Waals surface area (Å²) in [6, 6.07) is 21.7. The molecule has 0 amide bonds. The molecule has 0 aliphatic rings. The van der Waals surface area contributed by atoms with Crippen LogP contribution < -0.4 is 11.5 Å². The van der Waals surface area contributed by atoms with Crippen LogP contribution in [0.4, 0.5) is 11.4 Å². The molecule has 0 aromatic heterocycles. The molecule has 0 heterocycles. The summed E-state index contributed by atoms with van der Waals surface area (Å²) >= 11 is 0. The van der Waals surface area contributed by atoms with Crippen LogP contribution in [0.2, 0.25) is 0 Å². The Hall–Kier alpha value is -3.40. The van der Waals surface area contributed by atoms with Crippen molar-refractivity contribution in [3.05, 3.63) is 72.8 Å². The molecule has 0 aliphatic carbocycles. The number of hydrogen-bond acceptors (Lipinski definition) is 4. The number of nitrogens with two attached hydrogens (primary N) is 2. The van der Waals surface area contributed by atoms with E-state index in [9.17, 15) is 10.2 Å². The number of phenols is 2. The van der Waals surface area contributed by atoms with Crippen molar-refractivity contribution in [3.8, 4) is 11.5 Å². The van der Waals surface area contributed by atoms with Crippen LogP contribution >= 0.6 is 0 Å². The third-order valence-electron chi connectivity index (χ3n) is 3.83. The predicted molar refractivity (Wildman–Crippen MR) is 100 cm³/mol. The Morgan fingerprint density at radius 3 is 1.96 bits per heavy atom. The zero-order valence-corrected chi connectivity index (χ0v) is 13.0. The second-order valence-electron chi connectivity index (χ2n) is 5.47. The van der Waals surface area contributed by atoms with E-state index < -0.39 is 0 Å². The molecule has 0 radical (unpaired) electrons. The minimum Gasteiger partial charge on any atom is -0.508 e. The van der Waals surface area contributed by atoms with E-state index in [0.717, 1.165) is 21.5 Å². The van der Waals surface area contributed by atoms with E-state index in [1.54, 1.807) is 24.3 Å². The van der Waals surface area contributed by atoms with Gasteiger partial charge in [0.25, 0.3) is 0 Å². The first-order valence-electron chi connectivity index (χ1n) is 7.49. The summed E-state index contributed by atoms with van der Waals surface area (Å²) in [5, 5.41) is 22.3. The first-order chi connectivity index (χ1) is 11.6. The van der Waals surface area contributed by atoms with Crippen LogP contribution in [0.5, 0.6) is 11.5 Å². The van der Waals surface area contributed by atoms with Crippen LogP contribution in [0.25, 0.3) is 21.5 Å². The average molecular weight is 318 g/mol. The van der Waals surface area contributed by atoms with Crippen molar-refractivity contribution < 1.29 is 10.2 Å². The maximum Gasteiger partial charge on any atom is 0.123 e. The van der Waals surface area contributed by atoms with Gasteiger partial charge in [-0.2, -0.15) is 0 Å². The minimum atomic E-state index is 0.250. The molecule has 6 N–H and O–H groups in total. The Bertz CT molecular complexity index is 955. The summed E-state index contributed by atoms with van der Waals surface area (Å²) in [5.41, 5.74) is 12.8. The fourth-order valence-electron chi connectivity index (χ4n) is 2.60. The molecular weight excluding hydrogens is 300 g/mol. The summed E-state index contributed by atoms with van der Waals surface area (Å²) in [6.07, 6.45) is 0. The van der Waals surface area contributed by atoms with Crippen LogP contribution in [0, 0.1) is 0 Å². The normalized spacial score (nSPS) is 10.3. The lowest BCUT2D eigenvalue weighted by molar-refractivity contribution is 0.476. The largest absolute Gasteiger partial charge is 0.508 e. The summed E-state index contributed by atoms with van der Waals surface area (Å²) in [4.78, 5) is 0. The number of rotatable bonds is 0. The Balaban J connectivity index is 0.000000141. The highest BCUT2D eigenvalue weighted by atomic mass is 16.3. The molecule has 0 unspecified atom stereocenters. The number of nitrogen functional groups attached to an aromatic ring is 2. The standard InChI is InChI=1S/2C10H9NO/c11-9-5-1-4-8-7(9)3-2-6-10(8)12;11-10-3-1-2-7-4-5-8(12)6-9(7)10/h2*1-6,12H,11H2. The third kappa shape index (κ3) is 3.03. The lowest BCUT2D eigenvalue weighted by atomic mass is 10.1. The van der Waals surface area contributed by atoms with E-state index in [4.69, 9.17) is 11.5 Å². The van der Waals surface area contributed by atoms with Crippen molar-refractivity contribution in [3.63, 3.8) is 0 Å². The lowest BCUT2D eigenvalue weighted by Crippen LogP contribution is -1.85. The van der Waals surface area contributed by atoms with Gasteiger partial charge < -0.3 is 21.7 Å². The van der Waals surface area contributed by atoms with Gasteiger partial charge in [-0.3, -0.25) is 0 Å². The number of anilines is 2. The van der Waals surface area contributed by atoms with Crippen molar-refractivity contribution in [1.29, 1.82) is 0 Å². The quantitative estimate of drug-likeness (QED) is 0.365. The van der Waals surface area contributed by atoms with E-state index >= 15 is 0 Å². The second kappa shape index (κ2) is 6.38. The van der Waals surface area contributed by atoms with Crippen LogP contribution in [-0.4, -0.2) is 10.2 Å². The molecule has 120 valence electrons. The molecule has 0 saturated carbocycles. The van der Waals surface area contributed by atoms with Crippen LogP contribution in [0.1, 0.15) is 0 Å². The minimum absolute atomic E-state index is 0.250.